The fourth-order valence-corrected chi connectivity index (χ4v) is 4.88. The number of aromatic amines is 1. The van der Waals surface area contributed by atoms with Crippen molar-refractivity contribution in [3.8, 4) is 0 Å². The summed E-state index contributed by atoms with van der Waals surface area (Å²) in [5.41, 5.74) is 1.90. The molecule has 1 saturated carbocycles. The number of hydrogen-bond donors (Lipinski definition) is 2. The highest BCUT2D eigenvalue weighted by Gasteiger charge is 2.48. The molecule has 1 aromatic carbocycles. The van der Waals surface area contributed by atoms with Crippen LogP contribution in [0.2, 0.25) is 5.02 Å². The van der Waals surface area contributed by atoms with E-state index in [4.69, 9.17) is 11.6 Å². The third kappa shape index (κ3) is 3.18. The van der Waals surface area contributed by atoms with Crippen LogP contribution in [0.4, 0.5) is 10.1 Å². The number of amides is 1. The van der Waals surface area contributed by atoms with Crippen LogP contribution in [0.5, 0.6) is 0 Å². The molecule has 0 spiro atoms. The third-order valence-electron chi connectivity index (χ3n) is 5.98. The number of nitrogens with one attached hydrogen (secondary N) is 2. The minimum atomic E-state index is -0.557. The Morgan fingerprint density at radius 1 is 1.35 bits per heavy atom. The SMILES string of the molecule is CC1CC(c2cccc(NC(=O)c3cc(Cl)c4[nH]cc(F)c4n3)c2)(c2nncn2C)C1. The maximum atomic E-state index is 13.9. The van der Waals surface area contributed by atoms with Crippen molar-refractivity contribution in [3.63, 3.8) is 0 Å². The number of halogens is 2. The second-order valence-corrected chi connectivity index (χ2v) is 8.65. The number of carbonyl (C=O) groups excluding carboxylic acids is 1. The number of aromatic nitrogens is 5. The first-order chi connectivity index (χ1) is 14.9. The molecule has 0 atom stereocenters. The quantitative estimate of drug-likeness (QED) is 0.492. The van der Waals surface area contributed by atoms with Crippen molar-refractivity contribution in [2.75, 3.05) is 5.32 Å². The summed E-state index contributed by atoms with van der Waals surface area (Å²) in [6, 6.07) is 9.14. The van der Waals surface area contributed by atoms with Crippen molar-refractivity contribution in [1.29, 1.82) is 0 Å². The molecule has 0 radical (unpaired) electrons. The van der Waals surface area contributed by atoms with Crippen LogP contribution < -0.4 is 5.32 Å². The second kappa shape index (κ2) is 7.16. The summed E-state index contributed by atoms with van der Waals surface area (Å²) in [6.45, 7) is 2.21. The fraction of sp³-hybridized carbons (Fsp3) is 0.273. The van der Waals surface area contributed by atoms with Crippen LogP contribution in [0.3, 0.4) is 0 Å². The number of aryl methyl sites for hydroxylation is 1. The Bertz CT molecular complexity index is 1310. The van der Waals surface area contributed by atoms with E-state index >= 15 is 0 Å². The van der Waals surface area contributed by atoms with Gasteiger partial charge >= 0.3 is 0 Å². The summed E-state index contributed by atoms with van der Waals surface area (Å²) in [6.07, 6.45) is 4.78. The van der Waals surface area contributed by atoms with Gasteiger partial charge in [0.15, 0.2) is 5.82 Å². The number of carbonyl (C=O) groups is 1. The Morgan fingerprint density at radius 3 is 2.87 bits per heavy atom. The van der Waals surface area contributed by atoms with E-state index < -0.39 is 11.7 Å². The highest BCUT2D eigenvalue weighted by Crippen LogP contribution is 2.51. The molecule has 31 heavy (non-hydrogen) atoms. The standard InChI is InChI=1S/C22H20ClFN6O/c1-12-8-22(9-12,21-29-26-11-30(21)2)13-4-3-5-14(6-13)27-20(31)17-7-15(23)18-19(28-17)16(24)10-25-18/h3-7,10-12,25H,8-9H2,1-2H3,(H,27,31). The number of anilines is 1. The highest BCUT2D eigenvalue weighted by atomic mass is 35.5. The number of rotatable bonds is 4. The molecule has 3 heterocycles. The second-order valence-electron chi connectivity index (χ2n) is 8.25. The first-order valence-electron chi connectivity index (χ1n) is 9.97. The molecule has 7 nitrogen and oxygen atoms in total. The van der Waals surface area contributed by atoms with E-state index in [1.165, 1.54) is 12.3 Å². The van der Waals surface area contributed by atoms with Crippen LogP contribution in [0, 0.1) is 11.7 Å². The summed E-state index contributed by atoms with van der Waals surface area (Å²) >= 11 is 6.19. The predicted octanol–water partition coefficient (Wildman–Crippen LogP) is 4.45. The number of nitrogens with zero attached hydrogens (tertiary/aromatic N) is 4. The molecule has 0 aliphatic heterocycles. The summed E-state index contributed by atoms with van der Waals surface area (Å²) in [5.74, 6) is 0.467. The average Bonchev–Trinajstić information content (AvgIpc) is 3.32. The summed E-state index contributed by atoms with van der Waals surface area (Å²) < 4.78 is 15.9. The van der Waals surface area contributed by atoms with Gasteiger partial charge in [-0.3, -0.25) is 4.79 Å². The zero-order valence-electron chi connectivity index (χ0n) is 17.0. The van der Waals surface area contributed by atoms with Crippen LogP contribution in [0.15, 0.2) is 42.9 Å². The number of H-pyrrole nitrogens is 1. The van der Waals surface area contributed by atoms with Gasteiger partial charge in [0.2, 0.25) is 0 Å². The molecule has 0 unspecified atom stereocenters. The summed E-state index contributed by atoms with van der Waals surface area (Å²) in [5, 5.41) is 11.5. The number of hydrogen-bond acceptors (Lipinski definition) is 4. The maximum absolute atomic E-state index is 13.9. The van der Waals surface area contributed by atoms with Crippen molar-refractivity contribution in [3.05, 3.63) is 70.8 Å². The molecule has 1 amide bonds. The van der Waals surface area contributed by atoms with E-state index in [1.54, 1.807) is 6.33 Å². The molecule has 1 aliphatic carbocycles. The zero-order chi connectivity index (χ0) is 21.8. The van der Waals surface area contributed by atoms with Gasteiger partial charge in [-0.05, 0) is 42.5 Å². The largest absolute Gasteiger partial charge is 0.356 e. The topological polar surface area (TPSA) is 88.5 Å². The molecule has 3 aromatic heterocycles. The van der Waals surface area contributed by atoms with E-state index in [1.807, 2.05) is 35.9 Å². The molecule has 5 rings (SSSR count). The van der Waals surface area contributed by atoms with Crippen LogP contribution in [-0.4, -0.2) is 30.6 Å². The van der Waals surface area contributed by atoms with E-state index in [0.717, 1.165) is 24.2 Å². The lowest BCUT2D eigenvalue weighted by Gasteiger charge is -2.46. The molecule has 9 heteroatoms. The van der Waals surface area contributed by atoms with Gasteiger partial charge in [0.05, 0.1) is 16.0 Å². The normalized spacial score (nSPS) is 20.6. The molecule has 1 fully saturated rings. The van der Waals surface area contributed by atoms with Gasteiger partial charge < -0.3 is 14.9 Å². The number of pyridine rings is 1. The summed E-state index contributed by atoms with van der Waals surface area (Å²) in [7, 11) is 1.94. The Labute approximate surface area is 182 Å². The lowest BCUT2D eigenvalue weighted by molar-refractivity contribution is 0.102. The highest BCUT2D eigenvalue weighted by molar-refractivity contribution is 6.35. The zero-order valence-corrected chi connectivity index (χ0v) is 17.7. The first kappa shape index (κ1) is 19.7. The van der Waals surface area contributed by atoms with Crippen molar-refractivity contribution < 1.29 is 9.18 Å². The minimum absolute atomic E-state index is 0.0380. The van der Waals surface area contributed by atoms with Crippen LogP contribution in [0.1, 0.15) is 41.6 Å². The molecule has 2 N–H and O–H groups in total. The number of fused-ring (bicyclic) bond motifs is 1. The van der Waals surface area contributed by atoms with Crippen LogP contribution in [0.25, 0.3) is 11.0 Å². The lowest BCUT2D eigenvalue weighted by atomic mass is 9.58. The molecule has 4 aromatic rings. The number of benzene rings is 1. The van der Waals surface area contributed by atoms with Crippen molar-refractivity contribution in [1.82, 2.24) is 24.7 Å². The van der Waals surface area contributed by atoms with Gasteiger partial charge in [-0.2, -0.15) is 0 Å². The first-order valence-corrected chi connectivity index (χ1v) is 10.3. The minimum Gasteiger partial charge on any atom is -0.356 e. The molecule has 1 aliphatic rings. The Morgan fingerprint density at radius 2 is 2.16 bits per heavy atom. The Kier molecular flexibility index (Phi) is 4.55. The van der Waals surface area contributed by atoms with E-state index in [2.05, 4.69) is 32.4 Å². The van der Waals surface area contributed by atoms with Crippen molar-refractivity contribution in [2.45, 2.75) is 25.2 Å². The summed E-state index contributed by atoms with van der Waals surface area (Å²) in [4.78, 5) is 19.7. The molecule has 158 valence electrons. The monoisotopic (exact) mass is 438 g/mol. The Hall–Kier alpha value is -3.26. The van der Waals surface area contributed by atoms with E-state index in [-0.39, 0.29) is 21.6 Å². The Balaban J connectivity index is 1.46. The molecule has 0 bridgehead atoms. The predicted molar refractivity (Wildman–Crippen MR) is 116 cm³/mol. The molecular weight excluding hydrogens is 419 g/mol. The smallest absolute Gasteiger partial charge is 0.274 e. The third-order valence-corrected chi connectivity index (χ3v) is 6.28. The van der Waals surface area contributed by atoms with E-state index in [9.17, 15) is 9.18 Å². The van der Waals surface area contributed by atoms with Crippen LogP contribution in [-0.2, 0) is 12.5 Å². The van der Waals surface area contributed by atoms with Gasteiger partial charge in [-0.25, -0.2) is 9.37 Å². The van der Waals surface area contributed by atoms with Crippen LogP contribution >= 0.6 is 11.6 Å². The maximum Gasteiger partial charge on any atom is 0.274 e. The van der Waals surface area contributed by atoms with Gasteiger partial charge in [0.25, 0.3) is 5.91 Å². The molecule has 0 saturated heterocycles. The van der Waals surface area contributed by atoms with Gasteiger partial charge in [-0.1, -0.05) is 30.7 Å². The van der Waals surface area contributed by atoms with Gasteiger partial charge in [-0.15, -0.1) is 10.2 Å². The lowest BCUT2D eigenvalue weighted by Crippen LogP contribution is -2.43. The fourth-order valence-electron chi connectivity index (χ4n) is 4.63. The van der Waals surface area contributed by atoms with E-state index in [0.29, 0.717) is 17.1 Å². The van der Waals surface area contributed by atoms with Gasteiger partial charge in [0.1, 0.15) is 23.4 Å². The average molecular weight is 439 g/mol. The van der Waals surface area contributed by atoms with Gasteiger partial charge in [0, 0.05) is 18.9 Å². The van der Waals surface area contributed by atoms with Crippen molar-refractivity contribution in [2.24, 2.45) is 13.0 Å². The molecular formula is C22H20ClFN6O. The van der Waals surface area contributed by atoms with Crippen molar-refractivity contribution >= 4 is 34.2 Å².